The molecule has 0 aromatic heterocycles. The van der Waals surface area contributed by atoms with Gasteiger partial charge >= 0.3 is 0 Å². The maximum atomic E-state index is 12.5. The molecular weight excluding hydrogens is 352 g/mol. The second-order valence-electron chi connectivity index (χ2n) is 7.67. The summed E-state index contributed by atoms with van der Waals surface area (Å²) in [6.45, 7) is 4.16. The average Bonchev–Trinajstić information content (AvgIpc) is 3.28. The summed E-state index contributed by atoms with van der Waals surface area (Å²) in [6.07, 6.45) is 2.29. The van der Waals surface area contributed by atoms with E-state index in [2.05, 4.69) is 28.8 Å². The molecule has 2 N–H and O–H groups in total. The van der Waals surface area contributed by atoms with Crippen LogP contribution in [0.25, 0.3) is 11.3 Å². The van der Waals surface area contributed by atoms with E-state index in [0.29, 0.717) is 23.9 Å². The van der Waals surface area contributed by atoms with Crippen LogP contribution >= 0.6 is 0 Å². The zero-order valence-electron chi connectivity index (χ0n) is 15.8. The Labute approximate surface area is 164 Å². The fourth-order valence-corrected chi connectivity index (χ4v) is 4.25. The Morgan fingerprint density at radius 3 is 2.82 bits per heavy atom. The van der Waals surface area contributed by atoms with Gasteiger partial charge in [-0.2, -0.15) is 0 Å². The first-order chi connectivity index (χ1) is 13.8. The van der Waals surface area contributed by atoms with Crippen molar-refractivity contribution in [2.45, 2.75) is 26.0 Å². The maximum absolute atomic E-state index is 12.5. The van der Waals surface area contributed by atoms with Crippen molar-refractivity contribution >= 4 is 22.9 Å². The summed E-state index contributed by atoms with van der Waals surface area (Å²) >= 11 is 0. The molecule has 1 amide bonds. The fourth-order valence-electron chi connectivity index (χ4n) is 4.25. The normalized spacial score (nSPS) is 21.2. The molecule has 5 nitrogen and oxygen atoms in total. The van der Waals surface area contributed by atoms with E-state index in [1.807, 2.05) is 24.3 Å². The number of anilines is 1. The third kappa shape index (κ3) is 3.21. The molecule has 0 aliphatic carbocycles. The Hall–Kier alpha value is -2.63. The number of hydrogen-bond acceptors (Lipinski definition) is 4. The lowest BCUT2D eigenvalue weighted by atomic mass is 9.98. The Morgan fingerprint density at radius 2 is 1.93 bits per heavy atom. The molecule has 3 aliphatic heterocycles. The van der Waals surface area contributed by atoms with E-state index < -0.39 is 0 Å². The van der Waals surface area contributed by atoms with E-state index in [1.165, 1.54) is 5.56 Å². The summed E-state index contributed by atoms with van der Waals surface area (Å²) in [5, 5.41) is 6.51. The molecule has 28 heavy (non-hydrogen) atoms. The lowest BCUT2D eigenvalue weighted by Crippen LogP contribution is -2.27. The van der Waals surface area contributed by atoms with Crippen molar-refractivity contribution in [1.29, 1.82) is 0 Å². The van der Waals surface area contributed by atoms with E-state index in [4.69, 9.17) is 9.47 Å². The third-order valence-corrected chi connectivity index (χ3v) is 5.79. The number of carbonyl (C=O) groups excluding carboxylic acids is 1. The summed E-state index contributed by atoms with van der Waals surface area (Å²) in [4.78, 5) is 12.5. The second-order valence-corrected chi connectivity index (χ2v) is 7.67. The number of rotatable bonds is 4. The first-order valence-electron chi connectivity index (χ1n) is 9.98. The lowest BCUT2D eigenvalue weighted by Gasteiger charge is -2.22. The third-order valence-electron chi connectivity index (χ3n) is 5.79. The molecule has 0 spiro atoms. The van der Waals surface area contributed by atoms with Crippen LogP contribution in [0.3, 0.4) is 0 Å². The molecule has 5 rings (SSSR count). The summed E-state index contributed by atoms with van der Waals surface area (Å²) in [6, 6.07) is 14.2. The Balaban J connectivity index is 1.34. The first-order valence-corrected chi connectivity index (χ1v) is 9.98. The van der Waals surface area contributed by atoms with Crippen molar-refractivity contribution in [3.05, 3.63) is 64.7 Å². The Morgan fingerprint density at radius 1 is 1.07 bits per heavy atom. The highest BCUT2D eigenvalue weighted by molar-refractivity contribution is 6.36. The van der Waals surface area contributed by atoms with Gasteiger partial charge < -0.3 is 20.1 Å². The minimum Gasteiger partial charge on any atom is -0.487 e. The number of para-hydroxylation sites is 1. The number of amides is 1. The van der Waals surface area contributed by atoms with Crippen molar-refractivity contribution in [2.24, 2.45) is 5.92 Å². The molecule has 1 saturated heterocycles. The van der Waals surface area contributed by atoms with Gasteiger partial charge in [-0.3, -0.25) is 4.79 Å². The van der Waals surface area contributed by atoms with Gasteiger partial charge in [0.1, 0.15) is 12.4 Å². The minimum atomic E-state index is -0.0914. The summed E-state index contributed by atoms with van der Waals surface area (Å²) < 4.78 is 11.4. The summed E-state index contributed by atoms with van der Waals surface area (Å²) in [5.74, 6) is 1.31. The highest BCUT2D eigenvalue weighted by Crippen LogP contribution is 2.41. The Bertz CT molecular complexity index is 945. The molecule has 3 heterocycles. The van der Waals surface area contributed by atoms with Gasteiger partial charge in [0.15, 0.2) is 0 Å². The standard InChI is InChI=1S/C23H24N2O3/c26-23-21(19-3-1-2-4-20(19)25-23)22-18-6-5-16(11-17(18)14-28-22)13-24-12-15-7-9-27-10-8-15/h1-6,11,15,24H,7-10,12-14H2,(H,25,26). The molecule has 0 radical (unpaired) electrons. The van der Waals surface area contributed by atoms with E-state index in [9.17, 15) is 4.79 Å². The van der Waals surface area contributed by atoms with Gasteiger partial charge in [-0.05, 0) is 36.9 Å². The summed E-state index contributed by atoms with van der Waals surface area (Å²) in [7, 11) is 0. The van der Waals surface area contributed by atoms with Crippen molar-refractivity contribution in [3.63, 3.8) is 0 Å². The van der Waals surface area contributed by atoms with Crippen molar-refractivity contribution < 1.29 is 14.3 Å². The molecule has 0 bridgehead atoms. The number of hydrogen-bond donors (Lipinski definition) is 2. The highest BCUT2D eigenvalue weighted by Gasteiger charge is 2.32. The van der Waals surface area contributed by atoms with Gasteiger partial charge in [-0.25, -0.2) is 0 Å². The van der Waals surface area contributed by atoms with E-state index in [-0.39, 0.29) is 5.91 Å². The summed E-state index contributed by atoms with van der Waals surface area (Å²) in [5.41, 5.74) is 5.82. The van der Waals surface area contributed by atoms with Crippen LogP contribution in [-0.4, -0.2) is 25.7 Å². The van der Waals surface area contributed by atoms with Crippen molar-refractivity contribution in [2.75, 3.05) is 25.1 Å². The van der Waals surface area contributed by atoms with Gasteiger partial charge in [-0.1, -0.05) is 36.4 Å². The largest absolute Gasteiger partial charge is 0.487 e. The number of ether oxygens (including phenoxy) is 2. The lowest BCUT2D eigenvalue weighted by molar-refractivity contribution is -0.110. The molecule has 144 valence electrons. The zero-order valence-corrected chi connectivity index (χ0v) is 15.8. The smallest absolute Gasteiger partial charge is 0.260 e. The quantitative estimate of drug-likeness (QED) is 0.801. The molecule has 0 unspecified atom stereocenters. The van der Waals surface area contributed by atoms with Crippen LogP contribution < -0.4 is 10.6 Å². The molecule has 3 aliphatic rings. The minimum absolute atomic E-state index is 0.0914. The van der Waals surface area contributed by atoms with Crippen LogP contribution in [0.2, 0.25) is 0 Å². The van der Waals surface area contributed by atoms with Crippen molar-refractivity contribution in [3.8, 4) is 0 Å². The van der Waals surface area contributed by atoms with Crippen LogP contribution in [0, 0.1) is 5.92 Å². The SMILES string of the molecule is O=C1Nc2ccccc2C1=C1OCc2cc(CNCC3CCOCC3)ccc21. The molecule has 0 atom stereocenters. The topological polar surface area (TPSA) is 59.6 Å². The van der Waals surface area contributed by atoms with Gasteiger partial charge in [0, 0.05) is 42.1 Å². The molecular formula is C23H24N2O3. The van der Waals surface area contributed by atoms with Crippen LogP contribution in [0.1, 0.15) is 35.1 Å². The monoisotopic (exact) mass is 376 g/mol. The van der Waals surface area contributed by atoms with Gasteiger partial charge in [0.2, 0.25) is 0 Å². The van der Waals surface area contributed by atoms with Crippen LogP contribution in [0.15, 0.2) is 42.5 Å². The molecule has 2 aromatic rings. The molecule has 2 aromatic carbocycles. The average molecular weight is 376 g/mol. The van der Waals surface area contributed by atoms with Crippen molar-refractivity contribution in [1.82, 2.24) is 5.32 Å². The van der Waals surface area contributed by atoms with E-state index in [1.54, 1.807) is 0 Å². The van der Waals surface area contributed by atoms with Crippen LogP contribution in [0.4, 0.5) is 5.69 Å². The molecule has 0 saturated carbocycles. The van der Waals surface area contributed by atoms with Gasteiger partial charge in [-0.15, -0.1) is 0 Å². The second kappa shape index (κ2) is 7.41. The zero-order chi connectivity index (χ0) is 18.9. The fraction of sp³-hybridized carbons (Fsp3) is 0.348. The van der Waals surface area contributed by atoms with E-state index >= 15 is 0 Å². The predicted molar refractivity (Wildman–Crippen MR) is 108 cm³/mol. The molecule has 5 heteroatoms. The molecule has 1 fully saturated rings. The van der Waals surface area contributed by atoms with E-state index in [0.717, 1.165) is 61.5 Å². The van der Waals surface area contributed by atoms with Gasteiger partial charge in [0.05, 0.1) is 5.57 Å². The predicted octanol–water partition coefficient (Wildman–Crippen LogP) is 3.55. The van der Waals surface area contributed by atoms with Crippen LogP contribution in [0.5, 0.6) is 0 Å². The highest BCUT2D eigenvalue weighted by atomic mass is 16.5. The number of carbonyl (C=O) groups is 1. The first kappa shape index (κ1) is 17.5. The number of nitrogens with one attached hydrogen (secondary N) is 2. The maximum Gasteiger partial charge on any atom is 0.260 e. The van der Waals surface area contributed by atoms with Gasteiger partial charge in [0.25, 0.3) is 5.91 Å². The van der Waals surface area contributed by atoms with Crippen LogP contribution in [-0.2, 0) is 27.4 Å². The Kier molecular flexibility index (Phi) is 4.63. The number of benzene rings is 2. The number of fused-ring (bicyclic) bond motifs is 2.